The van der Waals surface area contributed by atoms with Gasteiger partial charge in [0.25, 0.3) is 0 Å². The van der Waals surface area contributed by atoms with Crippen LogP contribution in [0.3, 0.4) is 0 Å². The summed E-state index contributed by atoms with van der Waals surface area (Å²) in [5, 5.41) is 0.341. The molecule has 0 amide bonds. The molecule has 1 atom stereocenters. The molecule has 1 aromatic heterocycles. The Balaban J connectivity index is 2.17. The number of fused-ring (bicyclic) bond motifs is 1. The average Bonchev–Trinajstić information content (AvgIpc) is 2.47. The van der Waals surface area contributed by atoms with Crippen molar-refractivity contribution >= 4 is 23.1 Å². The Hall–Kier alpha value is -1.81. The van der Waals surface area contributed by atoms with Gasteiger partial charge in [-0.25, -0.2) is 9.97 Å². The molecule has 1 aliphatic heterocycles. The predicted molar refractivity (Wildman–Crippen MR) is 80.0 cm³/mol. The normalized spacial score (nSPS) is 17.8. The second-order valence-electron chi connectivity index (χ2n) is 4.91. The topological polar surface area (TPSA) is 38.3 Å². The minimum atomic E-state index is 0.338. The quantitative estimate of drug-likeness (QED) is 0.792. The fourth-order valence-corrected chi connectivity index (χ4v) is 2.91. The molecule has 1 aromatic carbocycles. The maximum absolute atomic E-state index is 6.12. The van der Waals surface area contributed by atoms with E-state index in [1.807, 2.05) is 6.07 Å². The van der Waals surface area contributed by atoms with Crippen LogP contribution >= 0.6 is 11.6 Å². The predicted octanol–water partition coefficient (Wildman–Crippen LogP) is 3.61. The molecule has 0 aliphatic carbocycles. The molecule has 0 radical (unpaired) electrons. The lowest BCUT2D eigenvalue weighted by Crippen LogP contribution is -2.34. The van der Waals surface area contributed by atoms with Gasteiger partial charge in [0, 0.05) is 11.7 Å². The number of aromatic nitrogens is 2. The molecular formula is C15H16ClN3O. The molecule has 2 aromatic rings. The van der Waals surface area contributed by atoms with Crippen molar-refractivity contribution in [3.8, 4) is 5.75 Å². The SMILES string of the molecule is COc1c(Cl)ncnc1N1c2ccccc2CCC1C. The molecule has 4 nitrogen and oxygen atoms in total. The van der Waals surface area contributed by atoms with Crippen molar-refractivity contribution in [1.29, 1.82) is 0 Å². The number of benzene rings is 1. The van der Waals surface area contributed by atoms with Gasteiger partial charge in [-0.3, -0.25) is 0 Å². The number of halogens is 1. The van der Waals surface area contributed by atoms with Crippen LogP contribution in [0.4, 0.5) is 11.5 Å². The third kappa shape index (κ3) is 2.10. The third-order valence-electron chi connectivity index (χ3n) is 3.70. The van der Waals surface area contributed by atoms with E-state index in [4.69, 9.17) is 16.3 Å². The van der Waals surface area contributed by atoms with E-state index in [2.05, 4.69) is 40.0 Å². The van der Waals surface area contributed by atoms with Crippen molar-refractivity contribution in [1.82, 2.24) is 9.97 Å². The highest BCUT2D eigenvalue weighted by Gasteiger charge is 2.28. The minimum absolute atomic E-state index is 0.338. The van der Waals surface area contributed by atoms with Crippen LogP contribution in [-0.4, -0.2) is 23.1 Å². The summed E-state index contributed by atoms with van der Waals surface area (Å²) < 4.78 is 5.39. The van der Waals surface area contributed by atoms with Crippen molar-refractivity contribution in [2.45, 2.75) is 25.8 Å². The number of aryl methyl sites for hydroxylation is 1. The van der Waals surface area contributed by atoms with E-state index in [0.29, 0.717) is 16.9 Å². The Kier molecular flexibility index (Phi) is 3.49. The molecule has 0 fully saturated rings. The van der Waals surface area contributed by atoms with Crippen molar-refractivity contribution in [2.75, 3.05) is 12.0 Å². The summed E-state index contributed by atoms with van der Waals surface area (Å²) in [6, 6.07) is 8.71. The van der Waals surface area contributed by atoms with Crippen molar-refractivity contribution in [3.05, 3.63) is 41.3 Å². The molecule has 3 rings (SSSR count). The monoisotopic (exact) mass is 289 g/mol. The fraction of sp³-hybridized carbons (Fsp3) is 0.333. The number of nitrogens with zero attached hydrogens (tertiary/aromatic N) is 3. The Morgan fingerprint density at radius 3 is 2.90 bits per heavy atom. The fourth-order valence-electron chi connectivity index (χ4n) is 2.70. The van der Waals surface area contributed by atoms with Gasteiger partial charge in [0.2, 0.25) is 0 Å². The number of rotatable bonds is 2. The van der Waals surface area contributed by atoms with Gasteiger partial charge >= 0.3 is 0 Å². The molecule has 0 saturated carbocycles. The largest absolute Gasteiger partial charge is 0.490 e. The minimum Gasteiger partial charge on any atom is -0.490 e. The summed E-state index contributed by atoms with van der Waals surface area (Å²) in [4.78, 5) is 10.6. The number of anilines is 2. The first-order chi connectivity index (χ1) is 9.72. The van der Waals surface area contributed by atoms with Gasteiger partial charge in [0.05, 0.1) is 7.11 Å². The van der Waals surface area contributed by atoms with E-state index in [1.54, 1.807) is 7.11 Å². The molecule has 0 spiro atoms. The van der Waals surface area contributed by atoms with E-state index >= 15 is 0 Å². The van der Waals surface area contributed by atoms with Crippen molar-refractivity contribution < 1.29 is 4.74 Å². The average molecular weight is 290 g/mol. The number of methoxy groups -OCH3 is 1. The summed E-state index contributed by atoms with van der Waals surface area (Å²) in [7, 11) is 1.59. The van der Waals surface area contributed by atoms with Crippen molar-refractivity contribution in [2.24, 2.45) is 0 Å². The van der Waals surface area contributed by atoms with Gasteiger partial charge in [-0.2, -0.15) is 0 Å². The van der Waals surface area contributed by atoms with Crippen LogP contribution < -0.4 is 9.64 Å². The van der Waals surface area contributed by atoms with E-state index < -0.39 is 0 Å². The molecule has 0 bridgehead atoms. The first kappa shape index (κ1) is 13.2. The zero-order valence-corrected chi connectivity index (χ0v) is 12.3. The maximum Gasteiger partial charge on any atom is 0.199 e. The Bertz CT molecular complexity index is 632. The smallest absolute Gasteiger partial charge is 0.199 e. The van der Waals surface area contributed by atoms with Gasteiger partial charge in [0.1, 0.15) is 6.33 Å². The highest BCUT2D eigenvalue weighted by atomic mass is 35.5. The van der Waals surface area contributed by atoms with Crippen LogP contribution in [0.25, 0.3) is 0 Å². The molecule has 20 heavy (non-hydrogen) atoms. The van der Waals surface area contributed by atoms with Gasteiger partial charge in [-0.1, -0.05) is 29.8 Å². The summed E-state index contributed by atoms with van der Waals surface area (Å²) >= 11 is 6.12. The van der Waals surface area contributed by atoms with Crippen LogP contribution in [0.15, 0.2) is 30.6 Å². The standard InChI is InChI=1S/C15H16ClN3O/c1-10-7-8-11-5-3-4-6-12(11)19(10)15-13(20-2)14(16)17-9-18-15/h3-6,9-10H,7-8H2,1-2H3. The summed E-state index contributed by atoms with van der Waals surface area (Å²) in [6.07, 6.45) is 3.63. The highest BCUT2D eigenvalue weighted by molar-refractivity contribution is 6.31. The molecule has 2 heterocycles. The summed E-state index contributed by atoms with van der Waals surface area (Å²) in [5.41, 5.74) is 2.49. The van der Waals surface area contributed by atoms with E-state index in [-0.39, 0.29) is 0 Å². The zero-order valence-electron chi connectivity index (χ0n) is 11.5. The number of ether oxygens (including phenoxy) is 1. The second kappa shape index (κ2) is 5.29. The maximum atomic E-state index is 6.12. The van der Waals surface area contributed by atoms with Gasteiger partial charge in [-0.05, 0) is 31.4 Å². The second-order valence-corrected chi connectivity index (χ2v) is 5.27. The summed E-state index contributed by atoms with van der Waals surface area (Å²) in [6.45, 7) is 2.19. The van der Waals surface area contributed by atoms with Gasteiger partial charge in [-0.15, -0.1) is 0 Å². The Morgan fingerprint density at radius 1 is 1.30 bits per heavy atom. The summed E-state index contributed by atoms with van der Waals surface area (Å²) in [5.74, 6) is 1.25. The van der Waals surface area contributed by atoms with E-state index in [0.717, 1.165) is 18.7 Å². The third-order valence-corrected chi connectivity index (χ3v) is 3.97. The molecule has 0 saturated heterocycles. The van der Waals surface area contributed by atoms with E-state index in [1.165, 1.54) is 17.6 Å². The highest BCUT2D eigenvalue weighted by Crippen LogP contribution is 2.41. The number of para-hydroxylation sites is 1. The van der Waals surface area contributed by atoms with Crippen LogP contribution in [-0.2, 0) is 6.42 Å². The number of hydrogen-bond donors (Lipinski definition) is 0. The number of hydrogen-bond acceptors (Lipinski definition) is 4. The first-order valence-corrected chi connectivity index (χ1v) is 7.01. The Labute approximate surface area is 123 Å². The molecule has 1 unspecified atom stereocenters. The van der Waals surface area contributed by atoms with Crippen LogP contribution in [0, 0.1) is 0 Å². The van der Waals surface area contributed by atoms with Crippen molar-refractivity contribution in [3.63, 3.8) is 0 Å². The van der Waals surface area contributed by atoms with Crippen LogP contribution in [0.2, 0.25) is 5.15 Å². The van der Waals surface area contributed by atoms with E-state index in [9.17, 15) is 0 Å². The lowest BCUT2D eigenvalue weighted by molar-refractivity contribution is 0.409. The first-order valence-electron chi connectivity index (χ1n) is 6.64. The molecule has 0 N–H and O–H groups in total. The van der Waals surface area contributed by atoms with Gasteiger partial charge in [0.15, 0.2) is 16.7 Å². The lowest BCUT2D eigenvalue weighted by atomic mass is 9.96. The van der Waals surface area contributed by atoms with Crippen LogP contribution in [0.1, 0.15) is 18.9 Å². The van der Waals surface area contributed by atoms with Crippen LogP contribution in [0.5, 0.6) is 5.75 Å². The molecule has 104 valence electrons. The Morgan fingerprint density at radius 2 is 2.10 bits per heavy atom. The lowest BCUT2D eigenvalue weighted by Gasteiger charge is -2.36. The molecule has 5 heteroatoms. The van der Waals surface area contributed by atoms with Gasteiger partial charge < -0.3 is 9.64 Å². The molecule has 1 aliphatic rings. The molecular weight excluding hydrogens is 274 g/mol. The zero-order chi connectivity index (χ0) is 14.1.